The number of ether oxygens (including phenoxy) is 1. The summed E-state index contributed by atoms with van der Waals surface area (Å²) in [6.45, 7) is 10.2. The second-order valence-corrected chi connectivity index (χ2v) is 5.67. The molecule has 0 aliphatic carbocycles. The van der Waals surface area contributed by atoms with Crippen molar-refractivity contribution >= 4 is 11.0 Å². The third-order valence-electron chi connectivity index (χ3n) is 4.11. The molecule has 0 spiro atoms. The van der Waals surface area contributed by atoms with E-state index in [1.807, 2.05) is 25.1 Å². The average Bonchev–Trinajstić information content (AvgIpc) is 2.91. The Balaban J connectivity index is 2.38. The maximum Gasteiger partial charge on any atom is 0.134 e. The number of hydrogen-bond acceptors (Lipinski definition) is 3. The van der Waals surface area contributed by atoms with E-state index in [9.17, 15) is 0 Å². The van der Waals surface area contributed by atoms with Crippen LogP contribution in [0.5, 0.6) is 0 Å². The molecule has 116 valence electrons. The average molecular weight is 289 g/mol. The second kappa shape index (κ2) is 7.10. The predicted octanol–water partition coefficient (Wildman–Crippen LogP) is 4.68. The fourth-order valence-electron chi connectivity index (χ4n) is 2.77. The largest absolute Gasteiger partial charge is 0.459 e. The van der Waals surface area contributed by atoms with E-state index < -0.39 is 0 Å². The van der Waals surface area contributed by atoms with Gasteiger partial charge in [0.2, 0.25) is 0 Å². The molecular formula is C18H27NO2. The van der Waals surface area contributed by atoms with Gasteiger partial charge in [-0.15, -0.1) is 0 Å². The van der Waals surface area contributed by atoms with E-state index in [0.717, 1.165) is 36.1 Å². The van der Waals surface area contributed by atoms with Crippen molar-refractivity contribution in [3.63, 3.8) is 0 Å². The molecule has 1 aromatic heterocycles. The van der Waals surface area contributed by atoms with Crippen molar-refractivity contribution in [2.45, 2.75) is 52.2 Å². The van der Waals surface area contributed by atoms with E-state index in [1.54, 1.807) is 0 Å². The second-order valence-electron chi connectivity index (χ2n) is 5.67. The summed E-state index contributed by atoms with van der Waals surface area (Å²) >= 11 is 0. The van der Waals surface area contributed by atoms with Crippen molar-refractivity contribution in [1.29, 1.82) is 0 Å². The molecule has 0 aliphatic rings. The van der Waals surface area contributed by atoms with Crippen LogP contribution in [0.3, 0.4) is 0 Å². The van der Waals surface area contributed by atoms with Crippen LogP contribution in [-0.4, -0.2) is 18.8 Å². The van der Waals surface area contributed by atoms with Crippen molar-refractivity contribution in [2.24, 2.45) is 0 Å². The van der Waals surface area contributed by atoms with Gasteiger partial charge in [-0.1, -0.05) is 32.0 Å². The lowest BCUT2D eigenvalue weighted by Crippen LogP contribution is -2.43. The minimum absolute atomic E-state index is 0.0646. The third kappa shape index (κ3) is 3.47. The van der Waals surface area contributed by atoms with Gasteiger partial charge in [-0.05, 0) is 45.4 Å². The van der Waals surface area contributed by atoms with E-state index in [4.69, 9.17) is 9.15 Å². The van der Waals surface area contributed by atoms with E-state index >= 15 is 0 Å². The van der Waals surface area contributed by atoms with Crippen LogP contribution in [0.1, 0.15) is 52.3 Å². The van der Waals surface area contributed by atoms with Crippen molar-refractivity contribution in [2.75, 3.05) is 13.2 Å². The topological polar surface area (TPSA) is 34.4 Å². The molecule has 0 fully saturated rings. The molecule has 0 radical (unpaired) electrons. The summed E-state index contributed by atoms with van der Waals surface area (Å²) in [7, 11) is 0. The van der Waals surface area contributed by atoms with Gasteiger partial charge in [-0.25, -0.2) is 0 Å². The standard InChI is InChI=1S/C18H27NO2/c1-5-12-19-17(18(4,6-2)20-7-3)16-13-14-10-8-9-11-15(14)21-16/h8-11,13,17,19H,5-7,12H2,1-4H3. The Bertz CT molecular complexity index is 530. The first kappa shape index (κ1) is 16.1. The summed E-state index contributed by atoms with van der Waals surface area (Å²) in [5, 5.41) is 4.75. The quantitative estimate of drug-likeness (QED) is 0.766. The molecular weight excluding hydrogens is 262 g/mol. The Hall–Kier alpha value is -1.32. The summed E-state index contributed by atoms with van der Waals surface area (Å²) in [6.07, 6.45) is 2.02. The van der Waals surface area contributed by atoms with Gasteiger partial charge in [0.25, 0.3) is 0 Å². The summed E-state index contributed by atoms with van der Waals surface area (Å²) in [5.41, 5.74) is 0.670. The Morgan fingerprint density at radius 1 is 1.24 bits per heavy atom. The van der Waals surface area contributed by atoms with Gasteiger partial charge < -0.3 is 14.5 Å². The lowest BCUT2D eigenvalue weighted by atomic mass is 9.90. The zero-order chi connectivity index (χ0) is 15.3. The maximum atomic E-state index is 6.08. The molecule has 2 atom stereocenters. The molecule has 2 aromatic rings. The lowest BCUT2D eigenvalue weighted by molar-refractivity contribution is -0.0605. The molecule has 0 amide bonds. The fourth-order valence-corrected chi connectivity index (χ4v) is 2.77. The highest BCUT2D eigenvalue weighted by molar-refractivity contribution is 5.77. The van der Waals surface area contributed by atoms with E-state index in [-0.39, 0.29) is 11.6 Å². The number of furan rings is 1. The van der Waals surface area contributed by atoms with Crippen LogP contribution in [0.4, 0.5) is 0 Å². The van der Waals surface area contributed by atoms with Crippen LogP contribution in [0, 0.1) is 0 Å². The smallest absolute Gasteiger partial charge is 0.134 e. The molecule has 1 N–H and O–H groups in total. The van der Waals surface area contributed by atoms with Gasteiger partial charge in [0.05, 0.1) is 11.6 Å². The molecule has 3 heteroatoms. The number of hydrogen-bond donors (Lipinski definition) is 1. The van der Waals surface area contributed by atoms with E-state index in [0.29, 0.717) is 6.61 Å². The van der Waals surface area contributed by atoms with Crippen LogP contribution in [0.25, 0.3) is 11.0 Å². The molecule has 2 rings (SSSR count). The number of fused-ring (bicyclic) bond motifs is 1. The minimum Gasteiger partial charge on any atom is -0.459 e. The van der Waals surface area contributed by atoms with Crippen LogP contribution in [-0.2, 0) is 4.74 Å². The minimum atomic E-state index is -0.266. The first-order valence-corrected chi connectivity index (χ1v) is 8.00. The summed E-state index contributed by atoms with van der Waals surface area (Å²) in [6, 6.07) is 10.3. The monoisotopic (exact) mass is 289 g/mol. The van der Waals surface area contributed by atoms with Crippen molar-refractivity contribution < 1.29 is 9.15 Å². The highest BCUT2D eigenvalue weighted by Crippen LogP contribution is 2.35. The van der Waals surface area contributed by atoms with E-state index in [1.165, 1.54) is 0 Å². The van der Waals surface area contributed by atoms with Gasteiger partial charge >= 0.3 is 0 Å². The molecule has 1 aromatic carbocycles. The molecule has 3 nitrogen and oxygen atoms in total. The fraction of sp³-hybridized carbons (Fsp3) is 0.556. The molecule has 0 saturated carbocycles. The summed E-state index contributed by atoms with van der Waals surface area (Å²) < 4.78 is 12.1. The predicted molar refractivity (Wildman–Crippen MR) is 87.6 cm³/mol. The van der Waals surface area contributed by atoms with Gasteiger partial charge in [0, 0.05) is 12.0 Å². The SMILES string of the molecule is CCCNC(c1cc2ccccc2o1)C(C)(CC)OCC. The zero-order valence-electron chi connectivity index (χ0n) is 13.6. The molecule has 1 heterocycles. The van der Waals surface area contributed by atoms with Crippen molar-refractivity contribution in [3.8, 4) is 0 Å². The molecule has 2 unspecified atom stereocenters. The van der Waals surface area contributed by atoms with Crippen LogP contribution >= 0.6 is 0 Å². The maximum absolute atomic E-state index is 6.08. The van der Waals surface area contributed by atoms with Gasteiger partial charge in [-0.2, -0.15) is 0 Å². The highest BCUT2D eigenvalue weighted by atomic mass is 16.5. The first-order valence-electron chi connectivity index (χ1n) is 8.00. The Labute approximate surface area is 127 Å². The van der Waals surface area contributed by atoms with Gasteiger partial charge in [0.15, 0.2) is 0 Å². The number of rotatable bonds is 8. The van der Waals surface area contributed by atoms with Crippen LogP contribution in [0.15, 0.2) is 34.7 Å². The molecule has 21 heavy (non-hydrogen) atoms. The van der Waals surface area contributed by atoms with Gasteiger partial charge in [0.1, 0.15) is 11.3 Å². The number of nitrogens with one attached hydrogen (secondary N) is 1. The summed E-state index contributed by atoms with van der Waals surface area (Å²) in [4.78, 5) is 0. The molecule has 0 saturated heterocycles. The van der Waals surface area contributed by atoms with Crippen molar-refractivity contribution in [3.05, 3.63) is 36.1 Å². The first-order chi connectivity index (χ1) is 10.1. The third-order valence-corrected chi connectivity index (χ3v) is 4.11. The highest BCUT2D eigenvalue weighted by Gasteiger charge is 2.36. The lowest BCUT2D eigenvalue weighted by Gasteiger charge is -2.36. The normalized spacial score (nSPS) is 16.0. The molecule has 0 aliphatic heterocycles. The Kier molecular flexibility index (Phi) is 5.43. The van der Waals surface area contributed by atoms with Crippen LogP contribution in [0.2, 0.25) is 0 Å². The number of benzene rings is 1. The van der Waals surface area contributed by atoms with Crippen molar-refractivity contribution in [1.82, 2.24) is 5.32 Å². The van der Waals surface area contributed by atoms with Gasteiger partial charge in [-0.3, -0.25) is 0 Å². The zero-order valence-corrected chi connectivity index (χ0v) is 13.6. The van der Waals surface area contributed by atoms with E-state index in [2.05, 4.69) is 38.2 Å². The molecule has 0 bridgehead atoms. The Morgan fingerprint density at radius 3 is 2.62 bits per heavy atom. The Morgan fingerprint density at radius 2 is 2.00 bits per heavy atom. The number of para-hydroxylation sites is 1. The van der Waals surface area contributed by atoms with Crippen LogP contribution < -0.4 is 5.32 Å². The summed E-state index contributed by atoms with van der Waals surface area (Å²) in [5.74, 6) is 0.961.